The van der Waals surface area contributed by atoms with Crippen molar-refractivity contribution in [1.82, 2.24) is 0 Å². The molecule has 0 bridgehead atoms. The smallest absolute Gasteiger partial charge is 0.0635 e. The average molecular weight is 313 g/mol. The molecule has 1 rings (SSSR count). The molecule has 0 amide bonds. The molecule has 1 saturated carbocycles. The average Bonchev–Trinajstić information content (AvgIpc) is 2.66. The molecule has 0 radical (unpaired) electrons. The Hall–Kier alpha value is 0.177. The Bertz CT molecular complexity index is 243. The minimum atomic E-state index is -1.25. The molecule has 0 aromatic carbocycles. The van der Waals surface area contributed by atoms with Crippen molar-refractivity contribution >= 4 is 8.07 Å². The molecule has 0 N–H and O–H groups in total. The van der Waals surface area contributed by atoms with Crippen LogP contribution in [0, 0.1) is 5.92 Å². The summed E-state index contributed by atoms with van der Waals surface area (Å²) in [5.74, 6) is 0.848. The van der Waals surface area contributed by atoms with Crippen LogP contribution in [-0.4, -0.2) is 21.3 Å². The first-order valence-corrected chi connectivity index (χ1v) is 11.9. The maximum atomic E-state index is 6.17. The third kappa shape index (κ3) is 5.39. The van der Waals surface area contributed by atoms with E-state index in [9.17, 15) is 0 Å². The predicted octanol–water partition coefficient (Wildman–Crippen LogP) is 6.65. The fraction of sp³-hybridized carbons (Fsp3) is 1.00. The molecule has 0 aliphatic heterocycles. The van der Waals surface area contributed by atoms with Gasteiger partial charge in [-0.1, -0.05) is 83.8 Å². The molecule has 0 heterocycles. The van der Waals surface area contributed by atoms with Crippen molar-refractivity contribution in [2.75, 3.05) is 13.2 Å². The lowest BCUT2D eigenvalue weighted by atomic mass is 10.0. The second kappa shape index (κ2) is 9.35. The van der Waals surface area contributed by atoms with E-state index in [1.54, 1.807) is 0 Å². The van der Waals surface area contributed by atoms with Gasteiger partial charge in [0.1, 0.15) is 0 Å². The summed E-state index contributed by atoms with van der Waals surface area (Å²) in [6.07, 6.45) is 8.55. The second-order valence-corrected chi connectivity index (χ2v) is 14.4. The molecule has 1 nitrogen and oxygen atoms in total. The van der Waals surface area contributed by atoms with E-state index in [0.29, 0.717) is 0 Å². The Morgan fingerprint density at radius 2 is 1.29 bits per heavy atom. The second-order valence-electron chi connectivity index (χ2n) is 8.26. The quantitative estimate of drug-likeness (QED) is 0.277. The summed E-state index contributed by atoms with van der Waals surface area (Å²) < 4.78 is 6.17. The van der Waals surface area contributed by atoms with Crippen molar-refractivity contribution in [2.45, 2.75) is 103 Å². The molecule has 0 atom stereocenters. The predicted molar refractivity (Wildman–Crippen MR) is 97.9 cm³/mol. The van der Waals surface area contributed by atoms with Crippen molar-refractivity contribution in [3.05, 3.63) is 0 Å². The Morgan fingerprint density at radius 3 is 1.71 bits per heavy atom. The Balaban J connectivity index is 2.42. The van der Waals surface area contributed by atoms with Crippen LogP contribution in [0.3, 0.4) is 0 Å². The Labute approximate surface area is 135 Å². The minimum absolute atomic E-state index is 0.848. The van der Waals surface area contributed by atoms with E-state index in [1.807, 2.05) is 0 Å². The lowest BCUT2D eigenvalue weighted by Gasteiger charge is -2.43. The van der Waals surface area contributed by atoms with Crippen molar-refractivity contribution in [2.24, 2.45) is 5.92 Å². The van der Waals surface area contributed by atoms with Crippen LogP contribution in [0.5, 0.6) is 0 Å². The van der Waals surface area contributed by atoms with Crippen LogP contribution in [0.4, 0.5) is 0 Å². The van der Waals surface area contributed by atoms with Crippen LogP contribution in [-0.2, 0) is 4.74 Å². The first-order valence-electron chi connectivity index (χ1n) is 9.49. The number of ether oxygens (including phenoxy) is 1. The standard InChI is InChI=1S/C19H40OSi/c1-16(2)21(17(3)4,18(5)6)14-13-20-15-19-11-9-7-8-10-12-19/h16-19H,7-15H2,1-6H3. The van der Waals surface area contributed by atoms with Crippen molar-refractivity contribution < 1.29 is 4.74 Å². The van der Waals surface area contributed by atoms with E-state index in [4.69, 9.17) is 4.74 Å². The van der Waals surface area contributed by atoms with Crippen molar-refractivity contribution in [3.8, 4) is 0 Å². The zero-order chi connectivity index (χ0) is 15.9. The fourth-order valence-electron chi connectivity index (χ4n) is 4.90. The molecule has 0 aromatic heterocycles. The molecule has 1 aliphatic carbocycles. The molecule has 0 saturated heterocycles. The minimum Gasteiger partial charge on any atom is -0.381 e. The monoisotopic (exact) mass is 312 g/mol. The highest BCUT2D eigenvalue weighted by molar-refractivity contribution is 6.83. The summed E-state index contributed by atoms with van der Waals surface area (Å²) in [5, 5.41) is 0. The van der Waals surface area contributed by atoms with Crippen LogP contribution in [0.2, 0.25) is 22.7 Å². The highest BCUT2D eigenvalue weighted by Crippen LogP contribution is 2.44. The van der Waals surface area contributed by atoms with Gasteiger partial charge < -0.3 is 4.74 Å². The van der Waals surface area contributed by atoms with Gasteiger partial charge >= 0.3 is 0 Å². The largest absolute Gasteiger partial charge is 0.381 e. The van der Waals surface area contributed by atoms with Crippen LogP contribution >= 0.6 is 0 Å². The topological polar surface area (TPSA) is 9.23 Å². The molecule has 21 heavy (non-hydrogen) atoms. The van der Waals surface area contributed by atoms with Gasteiger partial charge in [0.2, 0.25) is 0 Å². The Morgan fingerprint density at radius 1 is 0.810 bits per heavy atom. The maximum Gasteiger partial charge on any atom is 0.0635 e. The molecule has 126 valence electrons. The third-order valence-corrected chi connectivity index (χ3v) is 13.8. The summed E-state index contributed by atoms with van der Waals surface area (Å²) in [6, 6.07) is 1.35. The lowest BCUT2D eigenvalue weighted by Crippen LogP contribution is -2.45. The van der Waals surface area contributed by atoms with E-state index in [2.05, 4.69) is 41.5 Å². The maximum absolute atomic E-state index is 6.17. The first-order chi connectivity index (χ1) is 9.91. The summed E-state index contributed by atoms with van der Waals surface area (Å²) in [7, 11) is -1.25. The van der Waals surface area contributed by atoms with Gasteiger partial charge in [-0.2, -0.15) is 0 Å². The van der Waals surface area contributed by atoms with Crippen LogP contribution in [0.1, 0.15) is 80.1 Å². The van der Waals surface area contributed by atoms with Gasteiger partial charge in [-0.25, -0.2) is 0 Å². The molecule has 0 spiro atoms. The number of hydrogen-bond acceptors (Lipinski definition) is 1. The van der Waals surface area contributed by atoms with E-state index >= 15 is 0 Å². The zero-order valence-corrected chi connectivity index (χ0v) is 16.6. The van der Waals surface area contributed by atoms with Gasteiger partial charge in [-0.15, -0.1) is 0 Å². The van der Waals surface area contributed by atoms with Crippen LogP contribution in [0.25, 0.3) is 0 Å². The molecular weight excluding hydrogens is 272 g/mol. The molecule has 1 aliphatic rings. The molecule has 1 fully saturated rings. The van der Waals surface area contributed by atoms with Gasteiger partial charge in [-0.05, 0) is 24.8 Å². The van der Waals surface area contributed by atoms with Gasteiger partial charge in [-0.3, -0.25) is 0 Å². The SMILES string of the molecule is CC(C)[Si](CCOCC1CCCCCC1)(C(C)C)C(C)C. The summed E-state index contributed by atoms with van der Waals surface area (Å²) in [4.78, 5) is 0. The van der Waals surface area contributed by atoms with Gasteiger partial charge in [0.25, 0.3) is 0 Å². The number of rotatable bonds is 8. The van der Waals surface area contributed by atoms with E-state index in [0.717, 1.165) is 35.8 Å². The number of hydrogen-bond donors (Lipinski definition) is 0. The van der Waals surface area contributed by atoms with Gasteiger partial charge in [0, 0.05) is 13.2 Å². The van der Waals surface area contributed by atoms with E-state index in [-0.39, 0.29) is 0 Å². The lowest BCUT2D eigenvalue weighted by molar-refractivity contribution is 0.103. The molecular formula is C19H40OSi. The third-order valence-electron chi connectivity index (χ3n) is 6.23. The Kier molecular flexibility index (Phi) is 8.56. The van der Waals surface area contributed by atoms with Gasteiger partial charge in [0.15, 0.2) is 0 Å². The zero-order valence-electron chi connectivity index (χ0n) is 15.6. The van der Waals surface area contributed by atoms with E-state index < -0.39 is 8.07 Å². The summed E-state index contributed by atoms with van der Waals surface area (Å²) in [6.45, 7) is 16.8. The highest BCUT2D eigenvalue weighted by atomic mass is 28.3. The van der Waals surface area contributed by atoms with E-state index in [1.165, 1.54) is 44.6 Å². The molecule has 0 aromatic rings. The summed E-state index contributed by atoms with van der Waals surface area (Å²) in [5.41, 5.74) is 2.58. The molecule has 2 heteroatoms. The van der Waals surface area contributed by atoms with Gasteiger partial charge in [0.05, 0.1) is 8.07 Å². The first kappa shape index (κ1) is 19.2. The summed E-state index contributed by atoms with van der Waals surface area (Å²) >= 11 is 0. The highest BCUT2D eigenvalue weighted by Gasteiger charge is 2.41. The molecule has 0 unspecified atom stereocenters. The van der Waals surface area contributed by atoms with Crippen LogP contribution in [0.15, 0.2) is 0 Å². The normalized spacial score (nSPS) is 18.7. The van der Waals surface area contributed by atoms with Crippen LogP contribution < -0.4 is 0 Å². The fourth-order valence-corrected chi connectivity index (χ4v) is 11.1. The van der Waals surface area contributed by atoms with Crippen molar-refractivity contribution in [1.29, 1.82) is 0 Å². The van der Waals surface area contributed by atoms with Crippen molar-refractivity contribution in [3.63, 3.8) is 0 Å².